The van der Waals surface area contributed by atoms with E-state index in [-0.39, 0.29) is 5.91 Å². The van der Waals surface area contributed by atoms with Crippen LogP contribution >= 0.6 is 11.7 Å². The molecule has 1 aromatic rings. The van der Waals surface area contributed by atoms with E-state index < -0.39 is 0 Å². The van der Waals surface area contributed by atoms with Crippen LogP contribution in [0.1, 0.15) is 30.8 Å². The van der Waals surface area contributed by atoms with E-state index in [2.05, 4.69) is 32.8 Å². The minimum Gasteiger partial charge on any atom is -0.379 e. The second-order valence-electron chi connectivity index (χ2n) is 5.43. The lowest BCUT2D eigenvalue weighted by Gasteiger charge is -2.35. The zero-order valence-corrected chi connectivity index (χ0v) is 12.9. The molecule has 2 rings (SSSR count). The Kier molecular flexibility index (Phi) is 5.87. The van der Waals surface area contributed by atoms with E-state index >= 15 is 0 Å². The van der Waals surface area contributed by atoms with Crippen molar-refractivity contribution in [1.82, 2.24) is 19.0 Å². The number of carbonyl (C=O) groups excluding carboxylic acids is 1. The number of hydrogen-bond acceptors (Lipinski definition) is 6. The predicted molar refractivity (Wildman–Crippen MR) is 77.9 cm³/mol. The second kappa shape index (κ2) is 7.66. The van der Waals surface area contributed by atoms with Crippen LogP contribution in [0.4, 0.5) is 0 Å². The summed E-state index contributed by atoms with van der Waals surface area (Å²) in [6, 6.07) is 0.356. The van der Waals surface area contributed by atoms with Crippen molar-refractivity contribution in [2.24, 2.45) is 5.92 Å². The van der Waals surface area contributed by atoms with Gasteiger partial charge in [-0.1, -0.05) is 13.8 Å². The fraction of sp³-hybridized carbons (Fsp3) is 0.769. The molecule has 6 nitrogen and oxygen atoms in total. The van der Waals surface area contributed by atoms with E-state index in [0.717, 1.165) is 44.5 Å². The summed E-state index contributed by atoms with van der Waals surface area (Å²) in [4.78, 5) is 14.3. The number of aromatic nitrogens is 2. The molecule has 1 amide bonds. The Hall–Kier alpha value is -1.05. The van der Waals surface area contributed by atoms with Crippen LogP contribution in [0.3, 0.4) is 0 Å². The molecule has 1 atom stereocenters. The van der Waals surface area contributed by atoms with Gasteiger partial charge in [0.1, 0.15) is 0 Å². The Morgan fingerprint density at radius 3 is 2.85 bits per heavy atom. The lowest BCUT2D eigenvalue weighted by atomic mass is 10.0. The Morgan fingerprint density at radius 2 is 2.25 bits per heavy atom. The molecule has 1 N–H and O–H groups in total. The van der Waals surface area contributed by atoms with Crippen molar-refractivity contribution in [3.8, 4) is 0 Å². The normalized spacial score (nSPS) is 18.1. The SMILES string of the molecule is CC(C)CC(CNC(=O)c1cnsn1)N1CCOCC1. The van der Waals surface area contributed by atoms with Gasteiger partial charge in [-0.15, -0.1) is 0 Å². The number of carbonyl (C=O) groups is 1. The molecule has 0 saturated carbocycles. The topological polar surface area (TPSA) is 67.4 Å². The van der Waals surface area contributed by atoms with Crippen molar-refractivity contribution in [3.05, 3.63) is 11.9 Å². The Bertz CT molecular complexity index is 405. The summed E-state index contributed by atoms with van der Waals surface area (Å²) in [6.45, 7) is 8.49. The number of rotatable bonds is 6. The van der Waals surface area contributed by atoms with Crippen LogP contribution in [-0.4, -0.2) is 58.4 Å². The minimum atomic E-state index is -0.138. The molecule has 112 valence electrons. The molecule has 0 radical (unpaired) electrons. The number of nitrogens with zero attached hydrogens (tertiary/aromatic N) is 3. The highest BCUT2D eigenvalue weighted by atomic mass is 32.1. The van der Waals surface area contributed by atoms with Gasteiger partial charge in [0.05, 0.1) is 31.1 Å². The first-order valence-electron chi connectivity index (χ1n) is 7.04. The molecule has 1 aliphatic rings. The van der Waals surface area contributed by atoms with Crippen molar-refractivity contribution < 1.29 is 9.53 Å². The number of hydrogen-bond donors (Lipinski definition) is 1. The van der Waals surface area contributed by atoms with Gasteiger partial charge in [0, 0.05) is 25.7 Å². The monoisotopic (exact) mass is 298 g/mol. The molecule has 1 unspecified atom stereocenters. The third-order valence-electron chi connectivity index (χ3n) is 3.40. The van der Waals surface area contributed by atoms with Crippen LogP contribution in [0.25, 0.3) is 0 Å². The summed E-state index contributed by atoms with van der Waals surface area (Å²) >= 11 is 1.05. The van der Waals surface area contributed by atoms with Gasteiger partial charge in [0.15, 0.2) is 5.69 Å². The Balaban J connectivity index is 1.88. The van der Waals surface area contributed by atoms with Gasteiger partial charge in [-0.05, 0) is 12.3 Å². The summed E-state index contributed by atoms with van der Waals surface area (Å²) in [7, 11) is 0. The maximum atomic E-state index is 11.9. The van der Waals surface area contributed by atoms with Gasteiger partial charge in [-0.3, -0.25) is 9.69 Å². The third-order valence-corrected chi connectivity index (χ3v) is 3.88. The molecule has 0 bridgehead atoms. The van der Waals surface area contributed by atoms with E-state index in [0.29, 0.717) is 24.2 Å². The quantitative estimate of drug-likeness (QED) is 0.849. The maximum Gasteiger partial charge on any atom is 0.272 e. The van der Waals surface area contributed by atoms with Crippen LogP contribution in [0, 0.1) is 5.92 Å². The molecule has 1 aliphatic heterocycles. The molecular formula is C13H22N4O2S. The van der Waals surface area contributed by atoms with Crippen LogP contribution in [0.2, 0.25) is 0 Å². The van der Waals surface area contributed by atoms with E-state index in [4.69, 9.17) is 4.74 Å². The summed E-state index contributed by atoms with van der Waals surface area (Å²) in [6.07, 6.45) is 2.57. The molecule has 0 spiro atoms. The zero-order chi connectivity index (χ0) is 14.4. The fourth-order valence-corrected chi connectivity index (χ4v) is 2.83. The molecule has 2 heterocycles. The largest absolute Gasteiger partial charge is 0.379 e. The van der Waals surface area contributed by atoms with Gasteiger partial charge in [-0.25, -0.2) is 0 Å². The van der Waals surface area contributed by atoms with E-state index in [1.165, 1.54) is 6.20 Å². The Morgan fingerprint density at radius 1 is 1.50 bits per heavy atom. The predicted octanol–water partition coefficient (Wildman–Crippen LogP) is 1.01. The standard InChI is InChI=1S/C13H22N4O2S/c1-10(2)7-11(17-3-5-19-6-4-17)8-14-13(18)12-9-15-20-16-12/h9-11H,3-8H2,1-2H3,(H,14,18). The second-order valence-corrected chi connectivity index (χ2v) is 5.99. The van der Waals surface area contributed by atoms with Crippen molar-refractivity contribution in [2.45, 2.75) is 26.3 Å². The van der Waals surface area contributed by atoms with Crippen molar-refractivity contribution >= 4 is 17.6 Å². The highest BCUT2D eigenvalue weighted by Crippen LogP contribution is 2.13. The molecule has 0 aliphatic carbocycles. The van der Waals surface area contributed by atoms with Crippen molar-refractivity contribution in [2.75, 3.05) is 32.8 Å². The van der Waals surface area contributed by atoms with Crippen LogP contribution in [0.5, 0.6) is 0 Å². The number of morpholine rings is 1. The highest BCUT2D eigenvalue weighted by Gasteiger charge is 2.22. The summed E-state index contributed by atoms with van der Waals surface area (Å²) < 4.78 is 13.2. The summed E-state index contributed by atoms with van der Waals surface area (Å²) in [5.41, 5.74) is 0.403. The zero-order valence-electron chi connectivity index (χ0n) is 12.0. The smallest absolute Gasteiger partial charge is 0.272 e. The van der Waals surface area contributed by atoms with Gasteiger partial charge in [0.2, 0.25) is 0 Å². The lowest BCUT2D eigenvalue weighted by molar-refractivity contribution is 0.0124. The molecule has 0 aromatic carbocycles. The summed E-state index contributed by atoms with van der Waals surface area (Å²) in [5.74, 6) is 0.460. The maximum absolute atomic E-state index is 11.9. The molecule has 7 heteroatoms. The van der Waals surface area contributed by atoms with E-state index in [1.807, 2.05) is 0 Å². The first kappa shape index (κ1) is 15.3. The first-order chi connectivity index (χ1) is 9.66. The third kappa shape index (κ3) is 4.50. The van der Waals surface area contributed by atoms with Gasteiger partial charge in [0.25, 0.3) is 5.91 Å². The highest BCUT2D eigenvalue weighted by molar-refractivity contribution is 6.99. The fourth-order valence-electron chi connectivity index (χ4n) is 2.41. The van der Waals surface area contributed by atoms with E-state index in [9.17, 15) is 4.79 Å². The number of nitrogens with one attached hydrogen (secondary N) is 1. The molecule has 20 heavy (non-hydrogen) atoms. The number of ether oxygens (including phenoxy) is 1. The molecule has 1 fully saturated rings. The average molecular weight is 298 g/mol. The molecular weight excluding hydrogens is 276 g/mol. The number of amides is 1. The van der Waals surface area contributed by atoms with Crippen molar-refractivity contribution in [1.29, 1.82) is 0 Å². The molecule has 1 aromatic heterocycles. The van der Waals surface area contributed by atoms with Gasteiger partial charge in [-0.2, -0.15) is 8.75 Å². The average Bonchev–Trinajstić information content (AvgIpc) is 2.98. The van der Waals surface area contributed by atoms with Crippen molar-refractivity contribution in [3.63, 3.8) is 0 Å². The Labute approximate surface area is 123 Å². The molecule has 1 saturated heterocycles. The van der Waals surface area contributed by atoms with Gasteiger partial charge < -0.3 is 10.1 Å². The first-order valence-corrected chi connectivity index (χ1v) is 7.77. The van der Waals surface area contributed by atoms with Crippen LogP contribution < -0.4 is 5.32 Å². The van der Waals surface area contributed by atoms with E-state index in [1.54, 1.807) is 0 Å². The van der Waals surface area contributed by atoms with Gasteiger partial charge >= 0.3 is 0 Å². The minimum absolute atomic E-state index is 0.138. The van der Waals surface area contributed by atoms with Crippen LogP contribution in [-0.2, 0) is 4.74 Å². The lowest BCUT2D eigenvalue weighted by Crippen LogP contribution is -2.49. The van der Waals surface area contributed by atoms with Crippen LogP contribution in [0.15, 0.2) is 6.20 Å². The summed E-state index contributed by atoms with van der Waals surface area (Å²) in [5, 5.41) is 2.97.